The van der Waals surface area contributed by atoms with Gasteiger partial charge >= 0.3 is 0 Å². The maximum atomic E-state index is 6.49. The van der Waals surface area contributed by atoms with Crippen LogP contribution in [-0.4, -0.2) is 0 Å². The van der Waals surface area contributed by atoms with Gasteiger partial charge in [0.1, 0.15) is 18.2 Å². The van der Waals surface area contributed by atoms with Crippen LogP contribution in [0.15, 0.2) is 59.1 Å². The van der Waals surface area contributed by atoms with Crippen molar-refractivity contribution in [2.45, 2.75) is 40.0 Å². The van der Waals surface area contributed by atoms with E-state index in [4.69, 9.17) is 4.42 Å². The average molecular weight is 419 g/mol. The second kappa shape index (κ2) is 6.32. The first-order chi connectivity index (χ1) is 15.2. The van der Waals surface area contributed by atoms with E-state index in [0.29, 0.717) is 0 Å². The molecule has 0 bridgehead atoms. The third kappa shape index (κ3) is 2.56. The smallest absolute Gasteiger partial charge is 0.221 e. The maximum absolute atomic E-state index is 6.49. The van der Waals surface area contributed by atoms with E-state index < -0.39 is 0 Å². The van der Waals surface area contributed by atoms with E-state index in [1.54, 1.807) is 0 Å². The molecule has 0 atom stereocenters. The first-order valence-electron chi connectivity index (χ1n) is 11.3. The quantitative estimate of drug-likeness (QED) is 0.255. The minimum Gasteiger partial charge on any atom is -0.455 e. The van der Waals surface area contributed by atoms with E-state index in [1.807, 2.05) is 6.07 Å². The number of pyridine rings is 1. The third-order valence-electron chi connectivity index (χ3n) is 7.15. The van der Waals surface area contributed by atoms with Gasteiger partial charge in [-0.1, -0.05) is 51.1 Å². The number of hydrogen-bond acceptors (Lipinski definition) is 1. The van der Waals surface area contributed by atoms with Crippen LogP contribution < -0.4 is 4.57 Å². The minimum atomic E-state index is 0.102. The normalized spacial score (nSPS) is 13.5. The molecule has 0 N–H and O–H groups in total. The highest BCUT2D eigenvalue weighted by Crippen LogP contribution is 2.45. The van der Waals surface area contributed by atoms with Gasteiger partial charge in [-0.25, -0.2) is 4.57 Å². The fourth-order valence-electron chi connectivity index (χ4n) is 5.23. The molecular formula is C30H28NO+. The van der Waals surface area contributed by atoms with Gasteiger partial charge in [0.15, 0.2) is 6.20 Å². The van der Waals surface area contributed by atoms with Crippen molar-refractivity contribution in [2.24, 2.45) is 7.05 Å². The van der Waals surface area contributed by atoms with Crippen LogP contribution in [0, 0.1) is 13.8 Å². The molecular weight excluding hydrogens is 390 g/mol. The summed E-state index contributed by atoms with van der Waals surface area (Å²) in [4.78, 5) is 0. The molecule has 0 saturated carbocycles. The van der Waals surface area contributed by atoms with Crippen LogP contribution in [0.25, 0.3) is 44.4 Å². The number of aryl methyl sites for hydroxylation is 2. The predicted octanol–water partition coefficient (Wildman–Crippen LogP) is 7.38. The first-order valence-corrected chi connectivity index (χ1v) is 11.3. The molecule has 6 rings (SSSR count). The molecule has 2 heteroatoms. The Bertz CT molecular complexity index is 1620. The van der Waals surface area contributed by atoms with Crippen molar-refractivity contribution in [3.8, 4) is 0 Å². The molecule has 0 radical (unpaired) electrons. The molecule has 2 nitrogen and oxygen atoms in total. The molecule has 32 heavy (non-hydrogen) atoms. The highest BCUT2D eigenvalue weighted by Gasteiger charge is 2.31. The average Bonchev–Trinajstić information content (AvgIpc) is 3.30. The molecule has 2 heterocycles. The van der Waals surface area contributed by atoms with Crippen LogP contribution in [0.4, 0.5) is 0 Å². The summed E-state index contributed by atoms with van der Waals surface area (Å²) in [6.07, 6.45) is 4.56. The summed E-state index contributed by atoms with van der Waals surface area (Å²) in [5.74, 6) is 0. The summed E-state index contributed by atoms with van der Waals surface area (Å²) in [6.45, 7) is 11.3. The predicted molar refractivity (Wildman–Crippen MR) is 134 cm³/mol. The molecule has 1 aliphatic rings. The number of nitrogens with zero attached hydrogens (tertiary/aromatic N) is 1. The molecule has 3 aromatic carbocycles. The van der Waals surface area contributed by atoms with Crippen molar-refractivity contribution in [3.63, 3.8) is 0 Å². The van der Waals surface area contributed by atoms with E-state index in [9.17, 15) is 0 Å². The Balaban J connectivity index is 1.73. The topological polar surface area (TPSA) is 17.0 Å². The Morgan fingerprint density at radius 3 is 2.47 bits per heavy atom. The zero-order chi connectivity index (χ0) is 22.4. The molecule has 0 saturated heterocycles. The zero-order valence-electron chi connectivity index (χ0n) is 19.6. The molecule has 0 aliphatic heterocycles. The Morgan fingerprint density at radius 1 is 0.906 bits per heavy atom. The monoisotopic (exact) mass is 418 g/mol. The van der Waals surface area contributed by atoms with Gasteiger partial charge in [-0.15, -0.1) is 0 Å². The molecule has 1 aliphatic carbocycles. The number of aromatic nitrogens is 1. The van der Waals surface area contributed by atoms with Gasteiger partial charge in [0.25, 0.3) is 0 Å². The van der Waals surface area contributed by atoms with Crippen molar-refractivity contribution in [3.05, 3.63) is 88.2 Å². The van der Waals surface area contributed by atoms with Gasteiger partial charge < -0.3 is 4.42 Å². The van der Waals surface area contributed by atoms with Gasteiger partial charge in [-0.3, -0.25) is 0 Å². The van der Waals surface area contributed by atoms with Crippen molar-refractivity contribution < 1.29 is 8.98 Å². The van der Waals surface area contributed by atoms with Crippen LogP contribution in [0.3, 0.4) is 0 Å². The Labute approximate surface area is 188 Å². The minimum absolute atomic E-state index is 0.102. The van der Waals surface area contributed by atoms with Crippen molar-refractivity contribution in [1.29, 1.82) is 0 Å². The Hall–Kier alpha value is -3.39. The standard InChI is InChI=1S/C30H28NO/c1-17-13-23-22-9-7-8-10-25(22)32-29(23)26(18(17)2)24-16-20-15-21(30(3,4)5)14-19-11-12-31(6)28(24)27(19)20/h7-16H,1-6H3/q+1. The van der Waals surface area contributed by atoms with Gasteiger partial charge in [0.2, 0.25) is 5.69 Å². The van der Waals surface area contributed by atoms with Crippen molar-refractivity contribution >= 4 is 44.4 Å². The highest BCUT2D eigenvalue weighted by atomic mass is 16.3. The lowest BCUT2D eigenvalue weighted by Crippen LogP contribution is -2.32. The molecule has 0 amide bonds. The van der Waals surface area contributed by atoms with Crippen LogP contribution in [0.5, 0.6) is 0 Å². The van der Waals surface area contributed by atoms with E-state index in [2.05, 4.69) is 101 Å². The zero-order valence-corrected chi connectivity index (χ0v) is 19.6. The molecule has 0 unspecified atom stereocenters. The number of benzene rings is 3. The number of rotatable bonds is 1. The van der Waals surface area contributed by atoms with E-state index in [0.717, 1.165) is 11.2 Å². The maximum Gasteiger partial charge on any atom is 0.221 e. The number of fused-ring (bicyclic) bond motifs is 3. The summed E-state index contributed by atoms with van der Waals surface area (Å²) < 4.78 is 8.76. The number of furan rings is 1. The third-order valence-corrected chi connectivity index (χ3v) is 7.15. The second-order valence-electron chi connectivity index (χ2n) is 10.3. The van der Waals surface area contributed by atoms with Crippen molar-refractivity contribution in [1.82, 2.24) is 0 Å². The van der Waals surface area contributed by atoms with E-state index >= 15 is 0 Å². The fraction of sp³-hybridized carbons (Fsp3) is 0.233. The van der Waals surface area contributed by atoms with Crippen LogP contribution >= 0.6 is 0 Å². The lowest BCUT2D eigenvalue weighted by atomic mass is 9.85. The Kier molecular flexibility index (Phi) is 3.81. The van der Waals surface area contributed by atoms with E-state index in [-0.39, 0.29) is 5.41 Å². The Morgan fingerprint density at radius 2 is 1.69 bits per heavy atom. The fourth-order valence-corrected chi connectivity index (χ4v) is 5.23. The molecule has 2 aromatic heterocycles. The summed E-state index contributed by atoms with van der Waals surface area (Å²) in [6, 6.07) is 17.6. The molecule has 158 valence electrons. The summed E-state index contributed by atoms with van der Waals surface area (Å²) in [5.41, 5.74) is 11.0. The van der Waals surface area contributed by atoms with Crippen LogP contribution in [0.2, 0.25) is 0 Å². The number of para-hydroxylation sites is 1. The SMILES string of the molecule is Cc1cc2c(oc3ccccc32)c(C2=Cc3cc(C(C)(C)C)cc4cc[n+](C)c2c34)c1C. The van der Waals surface area contributed by atoms with Gasteiger partial charge in [-0.2, -0.15) is 0 Å². The van der Waals surface area contributed by atoms with Crippen LogP contribution in [0.1, 0.15) is 54.3 Å². The van der Waals surface area contributed by atoms with Gasteiger partial charge in [-0.05, 0) is 65.1 Å². The molecule has 0 spiro atoms. The number of hydrogen-bond donors (Lipinski definition) is 0. The molecule has 5 aromatic rings. The van der Waals surface area contributed by atoms with Crippen LogP contribution in [-0.2, 0) is 12.5 Å². The lowest BCUT2D eigenvalue weighted by molar-refractivity contribution is -0.672. The van der Waals surface area contributed by atoms with E-state index in [1.165, 1.54) is 60.6 Å². The molecule has 0 fully saturated rings. The van der Waals surface area contributed by atoms with Gasteiger partial charge in [0, 0.05) is 22.4 Å². The highest BCUT2D eigenvalue weighted by molar-refractivity contribution is 6.17. The largest absolute Gasteiger partial charge is 0.455 e. The summed E-state index contributed by atoms with van der Waals surface area (Å²) in [5, 5.41) is 5.02. The van der Waals surface area contributed by atoms with Gasteiger partial charge in [0.05, 0.1) is 11.0 Å². The lowest BCUT2D eigenvalue weighted by Gasteiger charge is -2.20. The second-order valence-corrected chi connectivity index (χ2v) is 10.3. The van der Waals surface area contributed by atoms with Crippen molar-refractivity contribution in [2.75, 3.05) is 0 Å². The summed E-state index contributed by atoms with van der Waals surface area (Å²) >= 11 is 0. The summed E-state index contributed by atoms with van der Waals surface area (Å²) in [7, 11) is 2.15. The first kappa shape index (κ1) is 19.3.